The highest BCUT2D eigenvalue weighted by Crippen LogP contribution is 2.29. The molecular weight excluding hydrogens is 353 g/mol. The van der Waals surface area contributed by atoms with Crippen LogP contribution in [-0.4, -0.2) is 22.3 Å². The summed E-state index contributed by atoms with van der Waals surface area (Å²) in [5, 5.41) is 3.50. The standard InChI is InChI=1S/C16H19Cl2N3OS/c1-3-6-21(16(22)14-9-23-15(8-19)20-14)10(2)11-4-5-12(17)13(18)7-11/h4-5,7,9-10H,3,6,8,19H2,1-2H3. The monoisotopic (exact) mass is 371 g/mol. The van der Waals surface area contributed by atoms with Crippen molar-refractivity contribution in [3.8, 4) is 0 Å². The molecule has 23 heavy (non-hydrogen) atoms. The van der Waals surface area contributed by atoms with E-state index in [0.29, 0.717) is 28.8 Å². The van der Waals surface area contributed by atoms with Gasteiger partial charge in [0.05, 0.1) is 16.1 Å². The molecule has 7 heteroatoms. The van der Waals surface area contributed by atoms with Crippen LogP contribution in [0.2, 0.25) is 10.0 Å². The molecule has 0 radical (unpaired) electrons. The molecular formula is C16H19Cl2N3OS. The molecule has 0 aliphatic rings. The second kappa shape index (κ2) is 8.11. The predicted octanol–water partition coefficient (Wildman–Crippen LogP) is 4.52. The van der Waals surface area contributed by atoms with Crippen LogP contribution >= 0.6 is 34.5 Å². The second-order valence-corrected chi connectivity index (χ2v) is 6.94. The molecule has 2 aromatic rings. The fraction of sp³-hybridized carbons (Fsp3) is 0.375. The Hall–Kier alpha value is -1.14. The molecule has 0 saturated heterocycles. The maximum atomic E-state index is 12.8. The van der Waals surface area contributed by atoms with Crippen molar-refractivity contribution < 1.29 is 4.79 Å². The molecule has 1 aromatic carbocycles. The summed E-state index contributed by atoms with van der Waals surface area (Å²) in [7, 11) is 0. The van der Waals surface area contributed by atoms with Gasteiger partial charge in [0.25, 0.3) is 5.91 Å². The third-order valence-corrected chi connectivity index (χ3v) is 5.17. The number of amides is 1. The normalized spacial score (nSPS) is 12.2. The minimum absolute atomic E-state index is 0.0960. The van der Waals surface area contributed by atoms with Gasteiger partial charge in [0, 0.05) is 18.5 Å². The number of benzene rings is 1. The summed E-state index contributed by atoms with van der Waals surface area (Å²) in [4.78, 5) is 18.9. The highest BCUT2D eigenvalue weighted by molar-refractivity contribution is 7.09. The first-order valence-electron chi connectivity index (χ1n) is 7.38. The van der Waals surface area contributed by atoms with E-state index in [-0.39, 0.29) is 11.9 Å². The Kier molecular flexibility index (Phi) is 6.41. The topological polar surface area (TPSA) is 59.2 Å². The molecule has 1 heterocycles. The lowest BCUT2D eigenvalue weighted by molar-refractivity contribution is 0.0685. The summed E-state index contributed by atoms with van der Waals surface area (Å²) in [6.07, 6.45) is 0.852. The molecule has 0 bridgehead atoms. The maximum absolute atomic E-state index is 12.8. The van der Waals surface area contributed by atoms with Crippen LogP contribution in [0.4, 0.5) is 0 Å². The van der Waals surface area contributed by atoms with Crippen LogP contribution in [-0.2, 0) is 6.54 Å². The summed E-state index contributed by atoms with van der Waals surface area (Å²) in [5.74, 6) is -0.0960. The largest absolute Gasteiger partial charge is 0.331 e. The van der Waals surface area contributed by atoms with Gasteiger partial charge in [-0.05, 0) is 31.0 Å². The van der Waals surface area contributed by atoms with Gasteiger partial charge >= 0.3 is 0 Å². The fourth-order valence-corrected chi connectivity index (χ4v) is 3.27. The molecule has 0 saturated carbocycles. The highest BCUT2D eigenvalue weighted by atomic mass is 35.5. The van der Waals surface area contributed by atoms with Crippen LogP contribution in [0.1, 0.15) is 47.4 Å². The molecule has 124 valence electrons. The van der Waals surface area contributed by atoms with Gasteiger partial charge in [-0.25, -0.2) is 4.98 Å². The summed E-state index contributed by atoms with van der Waals surface area (Å²) in [5.41, 5.74) is 6.96. The zero-order valence-corrected chi connectivity index (χ0v) is 15.4. The lowest BCUT2D eigenvalue weighted by Crippen LogP contribution is -2.34. The van der Waals surface area contributed by atoms with Crippen LogP contribution < -0.4 is 5.73 Å². The highest BCUT2D eigenvalue weighted by Gasteiger charge is 2.24. The van der Waals surface area contributed by atoms with Gasteiger partial charge in [0.15, 0.2) is 0 Å². The van der Waals surface area contributed by atoms with Crippen molar-refractivity contribution in [2.24, 2.45) is 5.73 Å². The maximum Gasteiger partial charge on any atom is 0.273 e. The Morgan fingerprint density at radius 2 is 2.13 bits per heavy atom. The molecule has 1 amide bonds. The van der Waals surface area contributed by atoms with Crippen molar-refractivity contribution in [3.05, 3.63) is 49.9 Å². The molecule has 1 unspecified atom stereocenters. The zero-order chi connectivity index (χ0) is 17.0. The smallest absolute Gasteiger partial charge is 0.273 e. The van der Waals surface area contributed by atoms with Gasteiger partial charge in [0.2, 0.25) is 0 Å². The van der Waals surface area contributed by atoms with Gasteiger partial charge in [-0.15, -0.1) is 11.3 Å². The van der Waals surface area contributed by atoms with Crippen molar-refractivity contribution in [2.75, 3.05) is 6.54 Å². The molecule has 0 aliphatic carbocycles. The number of thiazole rings is 1. The van der Waals surface area contributed by atoms with Crippen molar-refractivity contribution in [2.45, 2.75) is 32.9 Å². The Morgan fingerprint density at radius 1 is 1.39 bits per heavy atom. The van der Waals surface area contributed by atoms with Crippen molar-refractivity contribution in [1.29, 1.82) is 0 Å². The second-order valence-electron chi connectivity index (χ2n) is 5.18. The van der Waals surface area contributed by atoms with E-state index in [9.17, 15) is 4.79 Å². The molecule has 0 spiro atoms. The number of carbonyl (C=O) groups is 1. The first-order chi connectivity index (χ1) is 11.0. The number of halogens is 2. The van der Waals surface area contributed by atoms with Crippen LogP contribution in [0.15, 0.2) is 23.6 Å². The fourth-order valence-electron chi connectivity index (χ4n) is 2.31. The van der Waals surface area contributed by atoms with E-state index in [1.165, 1.54) is 11.3 Å². The Labute approximate surface area is 150 Å². The van der Waals surface area contributed by atoms with E-state index in [4.69, 9.17) is 28.9 Å². The van der Waals surface area contributed by atoms with Gasteiger partial charge in [-0.2, -0.15) is 0 Å². The molecule has 4 nitrogen and oxygen atoms in total. The number of nitrogens with two attached hydrogens (primary N) is 1. The van der Waals surface area contributed by atoms with Crippen molar-refractivity contribution in [3.63, 3.8) is 0 Å². The van der Waals surface area contributed by atoms with E-state index in [2.05, 4.69) is 4.98 Å². The van der Waals surface area contributed by atoms with Gasteiger partial charge in [0.1, 0.15) is 10.7 Å². The number of hydrogen-bond donors (Lipinski definition) is 1. The number of aromatic nitrogens is 1. The molecule has 0 fully saturated rings. The zero-order valence-electron chi connectivity index (χ0n) is 13.1. The van der Waals surface area contributed by atoms with Crippen LogP contribution in [0.25, 0.3) is 0 Å². The number of hydrogen-bond acceptors (Lipinski definition) is 4. The van der Waals surface area contributed by atoms with E-state index in [0.717, 1.165) is 17.0 Å². The van der Waals surface area contributed by atoms with Crippen molar-refractivity contribution >= 4 is 40.4 Å². The van der Waals surface area contributed by atoms with E-state index in [1.54, 1.807) is 22.4 Å². The summed E-state index contributed by atoms with van der Waals surface area (Å²) in [6.45, 7) is 4.99. The predicted molar refractivity (Wildman–Crippen MR) is 96.2 cm³/mol. The third kappa shape index (κ3) is 4.23. The lowest BCUT2D eigenvalue weighted by Gasteiger charge is -2.29. The first-order valence-corrected chi connectivity index (χ1v) is 9.01. The lowest BCUT2D eigenvalue weighted by atomic mass is 10.1. The van der Waals surface area contributed by atoms with Crippen molar-refractivity contribution in [1.82, 2.24) is 9.88 Å². The average Bonchev–Trinajstić information content (AvgIpc) is 3.03. The van der Waals surface area contributed by atoms with E-state index in [1.807, 2.05) is 19.9 Å². The number of rotatable bonds is 6. The minimum Gasteiger partial charge on any atom is -0.331 e. The third-order valence-electron chi connectivity index (χ3n) is 3.56. The number of carbonyl (C=O) groups excluding carboxylic acids is 1. The van der Waals surface area contributed by atoms with Gasteiger partial charge in [-0.3, -0.25) is 4.79 Å². The molecule has 1 atom stereocenters. The quantitative estimate of drug-likeness (QED) is 0.811. The molecule has 0 aliphatic heterocycles. The molecule has 2 rings (SSSR count). The first kappa shape index (κ1) is 18.2. The van der Waals surface area contributed by atoms with Gasteiger partial charge < -0.3 is 10.6 Å². The Balaban J connectivity index is 2.28. The van der Waals surface area contributed by atoms with Crippen LogP contribution in [0.3, 0.4) is 0 Å². The van der Waals surface area contributed by atoms with E-state index < -0.39 is 0 Å². The summed E-state index contributed by atoms with van der Waals surface area (Å²) >= 11 is 13.5. The SMILES string of the molecule is CCCN(C(=O)c1csc(CN)n1)C(C)c1ccc(Cl)c(Cl)c1. The number of nitrogens with zero attached hydrogens (tertiary/aromatic N) is 2. The molecule has 2 N–H and O–H groups in total. The van der Waals surface area contributed by atoms with Crippen LogP contribution in [0, 0.1) is 0 Å². The Bertz CT molecular complexity index is 690. The minimum atomic E-state index is -0.125. The van der Waals surface area contributed by atoms with Crippen LogP contribution in [0.5, 0.6) is 0 Å². The summed E-state index contributed by atoms with van der Waals surface area (Å²) < 4.78 is 0. The van der Waals surface area contributed by atoms with Gasteiger partial charge in [-0.1, -0.05) is 36.2 Å². The summed E-state index contributed by atoms with van der Waals surface area (Å²) in [6, 6.07) is 5.32. The molecule has 1 aromatic heterocycles. The Morgan fingerprint density at radius 3 is 2.70 bits per heavy atom. The van der Waals surface area contributed by atoms with E-state index >= 15 is 0 Å². The average molecular weight is 372 g/mol.